The Bertz CT molecular complexity index is 922. The number of hydrogen-bond acceptors (Lipinski definition) is 5. The van der Waals surface area contributed by atoms with Gasteiger partial charge in [0.05, 0.1) is 17.9 Å². The Morgan fingerprint density at radius 3 is 2.68 bits per heavy atom. The Morgan fingerprint density at radius 2 is 1.96 bits per heavy atom. The van der Waals surface area contributed by atoms with Crippen molar-refractivity contribution < 1.29 is 14.3 Å². The molecule has 3 aromatic rings. The average Bonchev–Trinajstić information content (AvgIpc) is 2.99. The summed E-state index contributed by atoms with van der Waals surface area (Å²) in [5.41, 5.74) is 1.61. The van der Waals surface area contributed by atoms with Gasteiger partial charge in [0.2, 0.25) is 0 Å². The largest absolute Gasteiger partial charge is 0.462 e. The van der Waals surface area contributed by atoms with Crippen molar-refractivity contribution in [1.29, 1.82) is 0 Å². The topological polar surface area (TPSA) is 60.7 Å². The monoisotopic (exact) mass is 374 g/mol. The number of carbonyl (C=O) groups excluding carboxylic acids is 2. The maximum atomic E-state index is 12.3. The van der Waals surface area contributed by atoms with Gasteiger partial charge < -0.3 is 4.74 Å². The molecule has 128 valence electrons. The van der Waals surface area contributed by atoms with Crippen LogP contribution in [0.25, 0.3) is 5.52 Å². The molecule has 0 saturated carbocycles. The van der Waals surface area contributed by atoms with Gasteiger partial charge in [0, 0.05) is 16.8 Å². The van der Waals surface area contributed by atoms with Crippen LogP contribution in [0.4, 0.5) is 0 Å². The van der Waals surface area contributed by atoms with Crippen molar-refractivity contribution >= 4 is 40.6 Å². The smallest absolute Gasteiger partial charge is 0.343 e. The molecule has 0 unspecified atom stereocenters. The molecule has 0 N–H and O–H groups in total. The van der Waals surface area contributed by atoms with Crippen molar-refractivity contribution in [3.05, 3.63) is 64.8 Å². The molecule has 1 aromatic carbocycles. The summed E-state index contributed by atoms with van der Waals surface area (Å²) >= 11 is 7.06. The summed E-state index contributed by atoms with van der Waals surface area (Å²) in [6.45, 7) is 2.03. The number of rotatable bonds is 6. The molecule has 0 saturated heterocycles. The van der Waals surface area contributed by atoms with E-state index in [1.807, 2.05) is 12.1 Å². The third kappa shape index (κ3) is 3.86. The number of thioether (sulfide) groups is 1. The van der Waals surface area contributed by atoms with Gasteiger partial charge in [-0.05, 0) is 43.3 Å². The van der Waals surface area contributed by atoms with E-state index in [1.165, 1.54) is 11.8 Å². The van der Waals surface area contributed by atoms with Gasteiger partial charge in [0.15, 0.2) is 5.78 Å². The van der Waals surface area contributed by atoms with Crippen molar-refractivity contribution in [1.82, 2.24) is 9.61 Å². The Balaban J connectivity index is 1.85. The first-order valence-electron chi connectivity index (χ1n) is 7.66. The molecule has 2 heterocycles. The van der Waals surface area contributed by atoms with Crippen LogP contribution in [0.2, 0.25) is 5.02 Å². The molecule has 0 amide bonds. The lowest BCUT2D eigenvalue weighted by atomic mass is 10.1. The highest BCUT2D eigenvalue weighted by Crippen LogP contribution is 2.27. The predicted octanol–water partition coefficient (Wildman–Crippen LogP) is 4.14. The normalized spacial score (nSPS) is 10.8. The number of carbonyl (C=O) groups is 2. The first kappa shape index (κ1) is 17.5. The van der Waals surface area contributed by atoms with Gasteiger partial charge in [-0.1, -0.05) is 29.4 Å². The number of nitrogens with zero attached hydrogens (tertiary/aromatic N) is 2. The van der Waals surface area contributed by atoms with Crippen LogP contribution in [-0.2, 0) is 4.74 Å². The van der Waals surface area contributed by atoms with E-state index in [1.54, 1.807) is 48.0 Å². The molecule has 0 aliphatic rings. The van der Waals surface area contributed by atoms with E-state index in [0.717, 1.165) is 0 Å². The fraction of sp³-hybridized carbons (Fsp3) is 0.167. The zero-order valence-electron chi connectivity index (χ0n) is 13.4. The Labute approximate surface area is 153 Å². The van der Waals surface area contributed by atoms with Crippen molar-refractivity contribution in [3.63, 3.8) is 0 Å². The minimum atomic E-state index is -0.440. The average molecular weight is 375 g/mol. The first-order chi connectivity index (χ1) is 12.1. The van der Waals surface area contributed by atoms with Gasteiger partial charge in [-0.25, -0.2) is 9.31 Å². The van der Waals surface area contributed by atoms with Crippen LogP contribution in [0.3, 0.4) is 0 Å². The molecule has 5 nitrogen and oxygen atoms in total. The molecule has 0 radical (unpaired) electrons. The van der Waals surface area contributed by atoms with Crippen LogP contribution >= 0.6 is 23.4 Å². The minimum absolute atomic E-state index is 0.0615. The minimum Gasteiger partial charge on any atom is -0.462 e. The predicted molar refractivity (Wildman–Crippen MR) is 97.7 cm³/mol. The quantitative estimate of drug-likeness (QED) is 0.368. The van der Waals surface area contributed by atoms with E-state index in [9.17, 15) is 9.59 Å². The van der Waals surface area contributed by atoms with Gasteiger partial charge in [-0.3, -0.25) is 4.79 Å². The summed E-state index contributed by atoms with van der Waals surface area (Å²) in [4.78, 5) is 24.6. The van der Waals surface area contributed by atoms with E-state index in [0.29, 0.717) is 26.7 Å². The second-order valence-electron chi connectivity index (χ2n) is 5.15. The van der Waals surface area contributed by atoms with Crippen LogP contribution in [-0.4, -0.2) is 33.7 Å². The zero-order valence-corrected chi connectivity index (χ0v) is 15.0. The summed E-state index contributed by atoms with van der Waals surface area (Å²) in [7, 11) is 0. The van der Waals surface area contributed by atoms with E-state index in [2.05, 4.69) is 5.10 Å². The molecule has 0 fully saturated rings. The standard InChI is InChI=1S/C18H15ClN2O3S/c1-2-24-18(23)16-14-5-3-4-10-21(14)20-17(16)25-11-15(22)12-6-8-13(19)9-7-12/h3-10H,2,11H2,1H3. The van der Waals surface area contributed by atoms with Gasteiger partial charge in [-0.2, -0.15) is 5.10 Å². The number of esters is 1. The summed E-state index contributed by atoms with van der Waals surface area (Å²) < 4.78 is 6.75. The molecule has 0 bridgehead atoms. The molecule has 2 aromatic heterocycles. The van der Waals surface area contributed by atoms with Crippen LogP contribution < -0.4 is 0 Å². The molecule has 7 heteroatoms. The number of halogens is 1. The van der Waals surface area contributed by atoms with Crippen LogP contribution in [0.5, 0.6) is 0 Å². The second kappa shape index (κ2) is 7.72. The molecule has 0 atom stereocenters. The number of ether oxygens (including phenoxy) is 1. The number of aromatic nitrogens is 2. The SMILES string of the molecule is CCOC(=O)c1c(SCC(=O)c2ccc(Cl)cc2)nn2ccccc12. The third-order valence-corrected chi connectivity index (χ3v) is 4.71. The van der Waals surface area contributed by atoms with Crippen LogP contribution in [0.15, 0.2) is 53.7 Å². The third-order valence-electron chi connectivity index (χ3n) is 3.49. The Kier molecular flexibility index (Phi) is 5.40. The highest BCUT2D eigenvalue weighted by atomic mass is 35.5. The van der Waals surface area contributed by atoms with E-state index in [4.69, 9.17) is 16.3 Å². The highest BCUT2D eigenvalue weighted by molar-refractivity contribution is 8.00. The van der Waals surface area contributed by atoms with E-state index >= 15 is 0 Å². The van der Waals surface area contributed by atoms with E-state index < -0.39 is 5.97 Å². The van der Waals surface area contributed by atoms with Crippen LogP contribution in [0.1, 0.15) is 27.6 Å². The molecule has 25 heavy (non-hydrogen) atoms. The van der Waals surface area contributed by atoms with Gasteiger partial charge >= 0.3 is 5.97 Å². The molecule has 3 rings (SSSR count). The molecule has 0 aliphatic heterocycles. The van der Waals surface area contributed by atoms with Crippen molar-refractivity contribution in [2.24, 2.45) is 0 Å². The molecule has 0 aliphatic carbocycles. The lowest BCUT2D eigenvalue weighted by Crippen LogP contribution is -2.07. The first-order valence-corrected chi connectivity index (χ1v) is 9.02. The number of pyridine rings is 1. The van der Waals surface area contributed by atoms with Gasteiger partial charge in [0.1, 0.15) is 10.6 Å². The number of Topliss-reactive ketones (excluding diaryl/α,β-unsaturated/α-hetero) is 1. The molecular formula is C18H15ClN2O3S. The highest BCUT2D eigenvalue weighted by Gasteiger charge is 2.22. The summed E-state index contributed by atoms with van der Waals surface area (Å²) in [6, 6.07) is 12.2. The number of benzene rings is 1. The molecule has 0 spiro atoms. The maximum absolute atomic E-state index is 12.3. The van der Waals surface area contributed by atoms with Crippen molar-refractivity contribution in [2.45, 2.75) is 11.9 Å². The number of ketones is 1. The van der Waals surface area contributed by atoms with Crippen molar-refractivity contribution in [3.8, 4) is 0 Å². The van der Waals surface area contributed by atoms with Crippen LogP contribution in [0, 0.1) is 0 Å². The maximum Gasteiger partial charge on any atom is 0.343 e. The number of hydrogen-bond donors (Lipinski definition) is 0. The summed E-state index contributed by atoms with van der Waals surface area (Å²) in [5, 5.41) is 5.46. The van der Waals surface area contributed by atoms with Crippen molar-refractivity contribution in [2.75, 3.05) is 12.4 Å². The lowest BCUT2D eigenvalue weighted by Gasteiger charge is -2.03. The Hall–Kier alpha value is -2.31. The summed E-state index contributed by atoms with van der Waals surface area (Å²) in [5.74, 6) is -0.337. The van der Waals surface area contributed by atoms with E-state index in [-0.39, 0.29) is 18.1 Å². The Morgan fingerprint density at radius 1 is 1.20 bits per heavy atom. The second-order valence-corrected chi connectivity index (χ2v) is 6.55. The van der Waals surface area contributed by atoms with Gasteiger partial charge in [-0.15, -0.1) is 0 Å². The lowest BCUT2D eigenvalue weighted by molar-refractivity contribution is 0.0524. The fourth-order valence-electron chi connectivity index (χ4n) is 2.33. The molecular weight excluding hydrogens is 360 g/mol. The number of fused-ring (bicyclic) bond motifs is 1. The van der Waals surface area contributed by atoms with Gasteiger partial charge in [0.25, 0.3) is 0 Å². The summed E-state index contributed by atoms with van der Waals surface area (Å²) in [6.07, 6.45) is 1.75. The fourth-order valence-corrected chi connectivity index (χ4v) is 3.36. The zero-order chi connectivity index (χ0) is 17.8.